The Kier molecular flexibility index (Phi) is 1.84. The normalized spacial score (nSPS) is 10.9. The fourth-order valence-corrected chi connectivity index (χ4v) is 1.67. The SMILES string of the molecule is CSc1nc(N)cc2n1nc[n+]2C. The fourth-order valence-electron chi connectivity index (χ4n) is 1.16. The molecule has 2 rings (SSSR count). The van der Waals surface area contributed by atoms with Crippen LogP contribution in [0.5, 0.6) is 0 Å². The van der Waals surface area contributed by atoms with Crippen molar-refractivity contribution in [3.63, 3.8) is 0 Å². The third kappa shape index (κ3) is 1.23. The van der Waals surface area contributed by atoms with Gasteiger partial charge >= 0.3 is 0 Å². The summed E-state index contributed by atoms with van der Waals surface area (Å²) in [6.45, 7) is 0. The van der Waals surface area contributed by atoms with Crippen molar-refractivity contribution in [2.75, 3.05) is 12.0 Å². The van der Waals surface area contributed by atoms with E-state index in [-0.39, 0.29) is 0 Å². The number of anilines is 1. The summed E-state index contributed by atoms with van der Waals surface area (Å²) in [6, 6.07) is 1.80. The lowest BCUT2D eigenvalue weighted by molar-refractivity contribution is -0.646. The summed E-state index contributed by atoms with van der Waals surface area (Å²) >= 11 is 1.52. The number of nitrogens with zero attached hydrogens (tertiary/aromatic N) is 4. The van der Waals surface area contributed by atoms with Crippen molar-refractivity contribution < 1.29 is 4.57 Å². The van der Waals surface area contributed by atoms with Crippen LogP contribution in [0.4, 0.5) is 5.82 Å². The Labute approximate surface area is 79.6 Å². The Morgan fingerprint density at radius 1 is 1.62 bits per heavy atom. The summed E-state index contributed by atoms with van der Waals surface area (Å²) in [5, 5.41) is 4.97. The molecule has 0 aliphatic rings. The lowest BCUT2D eigenvalue weighted by Gasteiger charge is -1.95. The van der Waals surface area contributed by atoms with Gasteiger partial charge in [0.1, 0.15) is 5.82 Å². The molecule has 2 aromatic heterocycles. The summed E-state index contributed by atoms with van der Waals surface area (Å²) in [4.78, 5) is 4.16. The van der Waals surface area contributed by atoms with Crippen LogP contribution < -0.4 is 10.3 Å². The Morgan fingerprint density at radius 3 is 3.08 bits per heavy atom. The minimum atomic E-state index is 0.521. The van der Waals surface area contributed by atoms with Gasteiger partial charge in [-0.2, -0.15) is 4.98 Å². The molecule has 68 valence electrons. The zero-order valence-electron chi connectivity index (χ0n) is 7.43. The van der Waals surface area contributed by atoms with Gasteiger partial charge < -0.3 is 5.73 Å². The smallest absolute Gasteiger partial charge is 0.272 e. The lowest BCUT2D eigenvalue weighted by atomic mass is 10.5. The Bertz CT molecular complexity index is 449. The number of nitrogen functional groups attached to an aromatic ring is 1. The highest BCUT2D eigenvalue weighted by Gasteiger charge is 2.14. The van der Waals surface area contributed by atoms with Crippen molar-refractivity contribution in [3.05, 3.63) is 12.4 Å². The van der Waals surface area contributed by atoms with Crippen molar-refractivity contribution in [2.24, 2.45) is 7.05 Å². The maximum absolute atomic E-state index is 5.65. The second-order valence-electron chi connectivity index (χ2n) is 2.68. The quantitative estimate of drug-likeness (QED) is 0.392. The maximum Gasteiger partial charge on any atom is 0.272 e. The minimum absolute atomic E-state index is 0.521. The molecule has 2 heterocycles. The molecule has 0 unspecified atom stereocenters. The van der Waals surface area contributed by atoms with Gasteiger partial charge in [0.25, 0.3) is 17.1 Å². The molecule has 0 amide bonds. The van der Waals surface area contributed by atoms with E-state index in [1.54, 1.807) is 16.9 Å². The van der Waals surface area contributed by atoms with Crippen LogP contribution in [0.3, 0.4) is 0 Å². The van der Waals surface area contributed by atoms with E-state index in [1.807, 2.05) is 17.9 Å². The van der Waals surface area contributed by atoms with E-state index in [4.69, 9.17) is 5.73 Å². The predicted molar refractivity (Wildman–Crippen MR) is 50.4 cm³/mol. The second-order valence-corrected chi connectivity index (χ2v) is 3.45. The van der Waals surface area contributed by atoms with Crippen molar-refractivity contribution in [1.29, 1.82) is 0 Å². The van der Waals surface area contributed by atoms with Crippen LogP contribution in [0.25, 0.3) is 5.65 Å². The first-order chi connectivity index (χ1) is 6.22. The highest BCUT2D eigenvalue weighted by atomic mass is 32.2. The Morgan fingerprint density at radius 2 is 2.38 bits per heavy atom. The lowest BCUT2D eigenvalue weighted by Crippen LogP contribution is -2.26. The number of aryl methyl sites for hydroxylation is 1. The molecule has 0 bridgehead atoms. The first kappa shape index (κ1) is 8.31. The number of hydrogen-bond acceptors (Lipinski definition) is 4. The zero-order chi connectivity index (χ0) is 9.42. The summed E-state index contributed by atoms with van der Waals surface area (Å²) in [7, 11) is 1.92. The third-order valence-electron chi connectivity index (χ3n) is 1.78. The minimum Gasteiger partial charge on any atom is -0.383 e. The first-order valence-corrected chi connectivity index (χ1v) is 4.98. The molecule has 6 heteroatoms. The van der Waals surface area contributed by atoms with Crippen LogP contribution >= 0.6 is 11.8 Å². The van der Waals surface area contributed by atoms with Crippen LogP contribution in [0.15, 0.2) is 17.6 Å². The molecule has 0 fully saturated rings. The van der Waals surface area contributed by atoms with Gasteiger partial charge in [0, 0.05) is 5.10 Å². The zero-order valence-corrected chi connectivity index (χ0v) is 8.25. The Balaban J connectivity index is 2.84. The van der Waals surface area contributed by atoms with E-state index >= 15 is 0 Å². The summed E-state index contributed by atoms with van der Waals surface area (Å²) in [5.41, 5.74) is 6.59. The maximum atomic E-state index is 5.65. The predicted octanol–water partition coefficient (Wildman–Crippen LogP) is -0.142. The fraction of sp³-hybridized carbons (Fsp3) is 0.286. The Hall–Kier alpha value is -1.30. The van der Waals surface area contributed by atoms with Gasteiger partial charge in [0.2, 0.25) is 0 Å². The number of aromatic nitrogens is 4. The molecule has 5 nitrogen and oxygen atoms in total. The number of fused-ring (bicyclic) bond motifs is 1. The molecule has 0 saturated heterocycles. The molecular weight excluding hydrogens is 186 g/mol. The van der Waals surface area contributed by atoms with E-state index < -0.39 is 0 Å². The summed E-state index contributed by atoms with van der Waals surface area (Å²) < 4.78 is 3.67. The largest absolute Gasteiger partial charge is 0.383 e. The van der Waals surface area contributed by atoms with Crippen LogP contribution in [-0.4, -0.2) is 20.9 Å². The molecule has 2 N–H and O–H groups in total. The highest BCUT2D eigenvalue weighted by Crippen LogP contribution is 2.13. The molecule has 0 spiro atoms. The van der Waals surface area contributed by atoms with Crippen molar-refractivity contribution in [2.45, 2.75) is 5.16 Å². The molecule has 0 aliphatic carbocycles. The van der Waals surface area contributed by atoms with Gasteiger partial charge in [0.05, 0.1) is 13.1 Å². The molecule has 2 aromatic rings. The van der Waals surface area contributed by atoms with Crippen LogP contribution in [0.2, 0.25) is 0 Å². The molecule has 13 heavy (non-hydrogen) atoms. The third-order valence-corrected chi connectivity index (χ3v) is 2.41. The molecule has 0 aromatic carbocycles. The van der Waals surface area contributed by atoms with E-state index in [9.17, 15) is 0 Å². The first-order valence-electron chi connectivity index (χ1n) is 3.76. The van der Waals surface area contributed by atoms with Crippen molar-refractivity contribution in [3.8, 4) is 0 Å². The van der Waals surface area contributed by atoms with Gasteiger partial charge in [-0.15, -0.1) is 0 Å². The molecule has 0 saturated carbocycles. The van der Waals surface area contributed by atoms with E-state index in [0.717, 1.165) is 10.8 Å². The summed E-state index contributed by atoms with van der Waals surface area (Å²) in [6.07, 6.45) is 3.68. The van der Waals surface area contributed by atoms with Crippen molar-refractivity contribution >= 4 is 23.2 Å². The van der Waals surface area contributed by atoms with Crippen LogP contribution in [-0.2, 0) is 7.05 Å². The van der Waals surface area contributed by atoms with Crippen LogP contribution in [0.1, 0.15) is 0 Å². The van der Waals surface area contributed by atoms with Gasteiger partial charge in [-0.25, -0.2) is 4.57 Å². The molecule has 0 radical (unpaired) electrons. The molecule has 0 atom stereocenters. The number of hydrogen-bond donors (Lipinski definition) is 1. The van der Waals surface area contributed by atoms with Gasteiger partial charge in [0.15, 0.2) is 0 Å². The average molecular weight is 196 g/mol. The van der Waals surface area contributed by atoms with E-state index in [1.165, 1.54) is 11.8 Å². The van der Waals surface area contributed by atoms with Gasteiger partial charge in [-0.1, -0.05) is 11.8 Å². The van der Waals surface area contributed by atoms with Gasteiger partial charge in [-0.05, 0) is 10.8 Å². The topological polar surface area (TPSA) is 60.1 Å². The monoisotopic (exact) mass is 196 g/mol. The molecular formula is C7H10N5S+. The summed E-state index contributed by atoms with van der Waals surface area (Å²) in [5.74, 6) is 0.521. The second kappa shape index (κ2) is 2.88. The molecule has 0 aliphatic heterocycles. The number of nitrogens with two attached hydrogens (primary N) is 1. The average Bonchev–Trinajstić information content (AvgIpc) is 2.47. The number of rotatable bonds is 1. The van der Waals surface area contributed by atoms with E-state index in [2.05, 4.69) is 10.1 Å². The van der Waals surface area contributed by atoms with Gasteiger partial charge in [-0.3, -0.25) is 0 Å². The number of thioether (sulfide) groups is 1. The van der Waals surface area contributed by atoms with E-state index in [0.29, 0.717) is 5.82 Å². The van der Waals surface area contributed by atoms with Crippen LogP contribution in [0, 0.1) is 0 Å². The highest BCUT2D eigenvalue weighted by molar-refractivity contribution is 7.98. The van der Waals surface area contributed by atoms with Crippen molar-refractivity contribution in [1.82, 2.24) is 14.6 Å². The standard InChI is InChI=1S/C7H9N5S/c1-11-4-9-12-6(11)3-5(8)10-7(12)13-2/h3-4,8H,1-2H3/p+1.